The second-order valence-electron chi connectivity index (χ2n) is 4.64. The maximum absolute atomic E-state index is 5.64. The first-order valence-corrected chi connectivity index (χ1v) is 6.31. The quantitative estimate of drug-likeness (QED) is 0.838. The van der Waals surface area contributed by atoms with Crippen LogP contribution in [0.3, 0.4) is 0 Å². The molecule has 2 aromatic rings. The summed E-state index contributed by atoms with van der Waals surface area (Å²) in [6.07, 6.45) is 2.24. The van der Waals surface area contributed by atoms with Crippen LogP contribution < -0.4 is 9.47 Å². The van der Waals surface area contributed by atoms with Gasteiger partial charge in [-0.05, 0) is 12.8 Å². The monoisotopic (exact) mass is 246 g/mol. The van der Waals surface area contributed by atoms with Gasteiger partial charge in [-0.15, -0.1) is 0 Å². The molecule has 0 aliphatic carbocycles. The molecule has 2 aliphatic heterocycles. The van der Waals surface area contributed by atoms with E-state index in [1.807, 2.05) is 12.1 Å². The molecular weight excluding hydrogens is 232 g/mol. The highest BCUT2D eigenvalue weighted by molar-refractivity contribution is 5.80. The van der Waals surface area contributed by atoms with Crippen molar-refractivity contribution in [2.24, 2.45) is 0 Å². The topological polar surface area (TPSA) is 56.4 Å². The summed E-state index contributed by atoms with van der Waals surface area (Å²) in [6.45, 7) is 2.02. The van der Waals surface area contributed by atoms with Gasteiger partial charge >= 0.3 is 0 Å². The Labute approximate surface area is 104 Å². The minimum atomic E-state index is 0.108. The third kappa shape index (κ3) is 1.54. The Morgan fingerprint density at radius 1 is 1.11 bits per heavy atom. The van der Waals surface area contributed by atoms with Crippen LogP contribution in [0.4, 0.5) is 0 Å². The van der Waals surface area contributed by atoms with Crippen LogP contribution in [0.1, 0.15) is 24.8 Å². The Hall–Kier alpha value is -1.75. The zero-order valence-corrected chi connectivity index (χ0v) is 9.94. The largest absolute Gasteiger partial charge is 0.486 e. The average Bonchev–Trinajstić information content (AvgIpc) is 3.04. The van der Waals surface area contributed by atoms with Crippen LogP contribution in [0.5, 0.6) is 11.5 Å². The Kier molecular flexibility index (Phi) is 2.20. The normalized spacial score (nSPS) is 22.6. The molecule has 1 aromatic carbocycles. The standard InChI is InChI=1S/C13H14N2O3/c1-2-10(16-3-1)13-14-8-6-11-12(7-9(8)15-13)18-5-4-17-11/h6-7,10H,1-5H2,(H,14,15). The summed E-state index contributed by atoms with van der Waals surface area (Å²) in [5.41, 5.74) is 1.88. The van der Waals surface area contributed by atoms with E-state index in [-0.39, 0.29) is 6.10 Å². The predicted molar refractivity (Wildman–Crippen MR) is 65.0 cm³/mol. The number of aromatic amines is 1. The number of nitrogens with one attached hydrogen (secondary N) is 1. The summed E-state index contributed by atoms with van der Waals surface area (Å²) < 4.78 is 16.8. The maximum atomic E-state index is 5.64. The lowest BCUT2D eigenvalue weighted by Gasteiger charge is -2.17. The number of aromatic nitrogens is 2. The predicted octanol–water partition coefficient (Wildman–Crippen LogP) is 2.19. The summed E-state index contributed by atoms with van der Waals surface area (Å²) in [5, 5.41) is 0. The maximum Gasteiger partial charge on any atom is 0.163 e. The lowest BCUT2D eigenvalue weighted by atomic mass is 10.2. The van der Waals surface area contributed by atoms with Crippen molar-refractivity contribution < 1.29 is 14.2 Å². The summed E-state index contributed by atoms with van der Waals surface area (Å²) in [6, 6.07) is 3.88. The van der Waals surface area contributed by atoms with Gasteiger partial charge in [-0.3, -0.25) is 0 Å². The first kappa shape index (κ1) is 10.2. The second kappa shape index (κ2) is 3.88. The van der Waals surface area contributed by atoms with E-state index in [2.05, 4.69) is 9.97 Å². The van der Waals surface area contributed by atoms with Crippen LogP contribution in [-0.2, 0) is 4.74 Å². The number of nitrogens with zero attached hydrogens (tertiary/aromatic N) is 1. The van der Waals surface area contributed by atoms with E-state index in [0.29, 0.717) is 13.2 Å². The van der Waals surface area contributed by atoms with Crippen molar-refractivity contribution in [3.63, 3.8) is 0 Å². The molecule has 1 N–H and O–H groups in total. The van der Waals surface area contributed by atoms with E-state index in [1.54, 1.807) is 0 Å². The molecule has 18 heavy (non-hydrogen) atoms. The van der Waals surface area contributed by atoms with Gasteiger partial charge < -0.3 is 19.2 Å². The fourth-order valence-corrected chi connectivity index (χ4v) is 2.51. The van der Waals surface area contributed by atoms with E-state index in [9.17, 15) is 0 Å². The van der Waals surface area contributed by atoms with Crippen molar-refractivity contribution in [2.45, 2.75) is 18.9 Å². The van der Waals surface area contributed by atoms with Gasteiger partial charge in [0.15, 0.2) is 11.5 Å². The molecule has 0 spiro atoms. The molecule has 0 radical (unpaired) electrons. The lowest BCUT2D eigenvalue weighted by molar-refractivity contribution is 0.106. The average molecular weight is 246 g/mol. The SMILES string of the molecule is c1c2c(cc3[nH]c(C4CCCO4)nc13)OCCO2. The molecule has 1 saturated heterocycles. The number of ether oxygens (including phenoxy) is 3. The van der Waals surface area contributed by atoms with Crippen LogP contribution in [0.2, 0.25) is 0 Å². The third-order valence-electron chi connectivity index (χ3n) is 3.40. The van der Waals surface area contributed by atoms with Crippen molar-refractivity contribution in [2.75, 3.05) is 19.8 Å². The summed E-state index contributed by atoms with van der Waals surface area (Å²) in [4.78, 5) is 7.90. The number of H-pyrrole nitrogens is 1. The minimum Gasteiger partial charge on any atom is -0.486 e. The lowest BCUT2D eigenvalue weighted by Crippen LogP contribution is -2.15. The van der Waals surface area contributed by atoms with Crippen molar-refractivity contribution in [3.8, 4) is 11.5 Å². The molecule has 1 aromatic heterocycles. The smallest absolute Gasteiger partial charge is 0.163 e. The molecule has 1 fully saturated rings. The van der Waals surface area contributed by atoms with Gasteiger partial charge in [-0.1, -0.05) is 0 Å². The first-order chi connectivity index (χ1) is 8.90. The molecule has 5 heteroatoms. The Balaban J connectivity index is 1.79. The van der Waals surface area contributed by atoms with Gasteiger partial charge in [0.05, 0.1) is 11.0 Å². The van der Waals surface area contributed by atoms with E-state index < -0.39 is 0 Å². The first-order valence-electron chi connectivity index (χ1n) is 6.31. The number of hydrogen-bond donors (Lipinski definition) is 1. The summed E-state index contributed by atoms with van der Waals surface area (Å²) in [7, 11) is 0. The van der Waals surface area contributed by atoms with Crippen molar-refractivity contribution in [1.29, 1.82) is 0 Å². The zero-order chi connectivity index (χ0) is 11.9. The molecule has 5 nitrogen and oxygen atoms in total. The summed E-state index contributed by atoms with van der Waals surface area (Å²) >= 11 is 0. The minimum absolute atomic E-state index is 0.108. The molecular formula is C13H14N2O3. The third-order valence-corrected chi connectivity index (χ3v) is 3.40. The second-order valence-corrected chi connectivity index (χ2v) is 4.64. The summed E-state index contributed by atoms with van der Waals surface area (Å²) in [5.74, 6) is 2.47. The highest BCUT2D eigenvalue weighted by Gasteiger charge is 2.22. The molecule has 4 rings (SSSR count). The number of hydrogen-bond acceptors (Lipinski definition) is 4. The van der Waals surface area contributed by atoms with Gasteiger partial charge in [0.25, 0.3) is 0 Å². The van der Waals surface area contributed by atoms with Gasteiger partial charge in [-0.2, -0.15) is 0 Å². The highest BCUT2D eigenvalue weighted by atomic mass is 16.6. The molecule has 1 unspecified atom stereocenters. The molecule has 2 aliphatic rings. The number of benzene rings is 1. The van der Waals surface area contributed by atoms with Crippen molar-refractivity contribution in [3.05, 3.63) is 18.0 Å². The van der Waals surface area contributed by atoms with Crippen LogP contribution >= 0.6 is 0 Å². The van der Waals surface area contributed by atoms with Crippen LogP contribution in [-0.4, -0.2) is 29.8 Å². The van der Waals surface area contributed by atoms with Gasteiger partial charge in [0.2, 0.25) is 0 Å². The fraction of sp³-hybridized carbons (Fsp3) is 0.462. The van der Waals surface area contributed by atoms with E-state index in [1.165, 1.54) is 0 Å². The zero-order valence-electron chi connectivity index (χ0n) is 9.94. The molecule has 94 valence electrons. The Bertz CT molecular complexity index is 544. The Morgan fingerprint density at radius 2 is 1.94 bits per heavy atom. The van der Waals surface area contributed by atoms with Gasteiger partial charge in [-0.25, -0.2) is 4.98 Å². The van der Waals surface area contributed by atoms with Crippen molar-refractivity contribution >= 4 is 11.0 Å². The highest BCUT2D eigenvalue weighted by Crippen LogP contribution is 2.35. The Morgan fingerprint density at radius 3 is 2.72 bits per heavy atom. The number of imidazole rings is 1. The van der Waals surface area contributed by atoms with E-state index >= 15 is 0 Å². The van der Waals surface area contributed by atoms with Crippen molar-refractivity contribution in [1.82, 2.24) is 9.97 Å². The van der Waals surface area contributed by atoms with Gasteiger partial charge in [0, 0.05) is 18.7 Å². The number of rotatable bonds is 1. The fourth-order valence-electron chi connectivity index (χ4n) is 2.51. The van der Waals surface area contributed by atoms with Crippen LogP contribution in [0, 0.1) is 0 Å². The molecule has 1 atom stereocenters. The molecule has 0 saturated carbocycles. The van der Waals surface area contributed by atoms with Crippen LogP contribution in [0.25, 0.3) is 11.0 Å². The van der Waals surface area contributed by atoms with E-state index in [0.717, 1.165) is 47.8 Å². The number of fused-ring (bicyclic) bond motifs is 2. The van der Waals surface area contributed by atoms with Crippen LogP contribution in [0.15, 0.2) is 12.1 Å². The van der Waals surface area contributed by atoms with E-state index in [4.69, 9.17) is 14.2 Å². The molecule has 0 amide bonds. The molecule has 0 bridgehead atoms. The molecule has 3 heterocycles. The van der Waals surface area contributed by atoms with Gasteiger partial charge in [0.1, 0.15) is 25.1 Å².